The first-order valence-corrected chi connectivity index (χ1v) is 6.44. The molecular weight excluding hydrogens is 242 g/mol. The van der Waals surface area contributed by atoms with Crippen LogP contribution in [0.4, 0.5) is 5.13 Å². The average molecular weight is 257 g/mol. The maximum absolute atomic E-state index is 11.7. The summed E-state index contributed by atoms with van der Waals surface area (Å²) in [5.41, 5.74) is 0. The fraction of sp³-hybridized carbons (Fsp3) is 0.700. The minimum absolute atomic E-state index is 0.137. The van der Waals surface area contributed by atoms with Crippen LogP contribution < -0.4 is 5.32 Å². The lowest BCUT2D eigenvalue weighted by atomic mass is 10.2. The van der Waals surface area contributed by atoms with Gasteiger partial charge in [-0.3, -0.25) is 10.1 Å². The van der Waals surface area contributed by atoms with Gasteiger partial charge in [0.15, 0.2) is 0 Å². The Balaban J connectivity index is 1.85. The summed E-state index contributed by atoms with van der Waals surface area (Å²) in [6, 6.07) is 0. The number of anilines is 1. The fourth-order valence-corrected chi connectivity index (χ4v) is 2.20. The third-order valence-corrected chi connectivity index (χ3v) is 3.16. The van der Waals surface area contributed by atoms with Crippen LogP contribution in [0.2, 0.25) is 0 Å². The predicted octanol–water partition coefficient (Wildman–Crippen LogP) is 1.19. The number of aromatic nitrogens is 2. The Bertz CT molecular complexity index is 377. The zero-order chi connectivity index (χ0) is 12.1. The highest BCUT2D eigenvalue weighted by molar-refractivity contribution is 7.15. The van der Waals surface area contributed by atoms with Crippen LogP contribution >= 0.6 is 11.3 Å². The maximum Gasteiger partial charge on any atom is 0.255 e. The maximum atomic E-state index is 11.7. The van der Waals surface area contributed by atoms with Gasteiger partial charge in [0.25, 0.3) is 5.91 Å². The number of hydrogen-bond acceptors (Lipinski definition) is 6. The molecule has 94 valence electrons. The second kappa shape index (κ2) is 6.04. The number of nitrogens with one attached hydrogen (secondary N) is 1. The van der Waals surface area contributed by atoms with Gasteiger partial charge in [0.05, 0.1) is 0 Å². The summed E-state index contributed by atoms with van der Waals surface area (Å²) >= 11 is 1.33. The number of ether oxygens (including phenoxy) is 2. The molecule has 1 aromatic heterocycles. The molecule has 0 bridgehead atoms. The van der Waals surface area contributed by atoms with Gasteiger partial charge in [-0.1, -0.05) is 11.3 Å². The molecule has 1 aromatic rings. The van der Waals surface area contributed by atoms with Crippen LogP contribution in [0.5, 0.6) is 0 Å². The molecule has 0 aliphatic carbocycles. The summed E-state index contributed by atoms with van der Waals surface area (Å²) in [6.07, 6.45) is 1.37. The van der Waals surface area contributed by atoms with Gasteiger partial charge >= 0.3 is 0 Å². The standard InChI is InChI=1S/C10H15N3O3S/c1-2-15-6-8-12-13-10(17-8)11-9(14)7-4-3-5-16-7/h7H,2-6H2,1H3,(H,11,13,14)/t7-/m1/s1. The molecule has 1 amide bonds. The Kier molecular flexibility index (Phi) is 4.41. The zero-order valence-corrected chi connectivity index (χ0v) is 10.5. The third kappa shape index (κ3) is 3.45. The van der Waals surface area contributed by atoms with Crippen molar-refractivity contribution in [3.8, 4) is 0 Å². The summed E-state index contributed by atoms with van der Waals surface area (Å²) in [6.45, 7) is 3.64. The van der Waals surface area contributed by atoms with Gasteiger partial charge in [-0.25, -0.2) is 0 Å². The van der Waals surface area contributed by atoms with E-state index in [9.17, 15) is 4.79 Å². The summed E-state index contributed by atoms with van der Waals surface area (Å²) in [4.78, 5) is 11.7. The largest absolute Gasteiger partial charge is 0.374 e. The molecule has 0 unspecified atom stereocenters. The second-order valence-electron chi connectivity index (χ2n) is 3.63. The van der Waals surface area contributed by atoms with Crippen molar-refractivity contribution in [3.63, 3.8) is 0 Å². The average Bonchev–Trinajstić information content (AvgIpc) is 2.97. The van der Waals surface area contributed by atoms with Gasteiger partial charge in [0, 0.05) is 13.2 Å². The van der Waals surface area contributed by atoms with Crippen LogP contribution in [-0.2, 0) is 20.9 Å². The molecule has 6 nitrogen and oxygen atoms in total. The van der Waals surface area contributed by atoms with E-state index in [0.717, 1.165) is 17.8 Å². The highest BCUT2D eigenvalue weighted by atomic mass is 32.1. The van der Waals surface area contributed by atoms with Crippen molar-refractivity contribution in [2.45, 2.75) is 32.5 Å². The van der Waals surface area contributed by atoms with Gasteiger partial charge in [0.1, 0.15) is 17.7 Å². The number of hydrogen-bond donors (Lipinski definition) is 1. The summed E-state index contributed by atoms with van der Waals surface area (Å²) in [7, 11) is 0. The van der Waals surface area contributed by atoms with E-state index in [1.54, 1.807) is 0 Å². The van der Waals surface area contributed by atoms with Crippen molar-refractivity contribution in [3.05, 3.63) is 5.01 Å². The molecule has 1 fully saturated rings. The second-order valence-corrected chi connectivity index (χ2v) is 4.69. The van der Waals surface area contributed by atoms with Gasteiger partial charge < -0.3 is 9.47 Å². The van der Waals surface area contributed by atoms with E-state index < -0.39 is 0 Å². The van der Waals surface area contributed by atoms with Crippen LogP contribution in [0.15, 0.2) is 0 Å². The van der Waals surface area contributed by atoms with Crippen LogP contribution in [0.25, 0.3) is 0 Å². The van der Waals surface area contributed by atoms with E-state index in [-0.39, 0.29) is 12.0 Å². The molecule has 1 saturated heterocycles. The van der Waals surface area contributed by atoms with Gasteiger partial charge in [0.2, 0.25) is 5.13 Å². The lowest BCUT2D eigenvalue weighted by Crippen LogP contribution is -2.26. The highest BCUT2D eigenvalue weighted by Crippen LogP contribution is 2.18. The molecule has 2 heterocycles. The molecule has 1 atom stereocenters. The highest BCUT2D eigenvalue weighted by Gasteiger charge is 2.24. The van der Waals surface area contributed by atoms with Crippen molar-refractivity contribution < 1.29 is 14.3 Å². The van der Waals surface area contributed by atoms with Gasteiger partial charge in [-0.05, 0) is 19.8 Å². The van der Waals surface area contributed by atoms with E-state index in [1.165, 1.54) is 11.3 Å². The van der Waals surface area contributed by atoms with Crippen LogP contribution in [-0.4, -0.2) is 35.4 Å². The lowest BCUT2D eigenvalue weighted by molar-refractivity contribution is -0.124. The molecule has 0 aromatic carbocycles. The van der Waals surface area contributed by atoms with Crippen molar-refractivity contribution in [1.82, 2.24) is 10.2 Å². The molecule has 1 aliphatic heterocycles. The first-order valence-electron chi connectivity index (χ1n) is 5.62. The van der Waals surface area contributed by atoms with E-state index >= 15 is 0 Å². The quantitative estimate of drug-likeness (QED) is 0.857. The first-order chi connectivity index (χ1) is 8.29. The lowest BCUT2D eigenvalue weighted by Gasteiger charge is -2.06. The Morgan fingerprint density at radius 3 is 3.24 bits per heavy atom. The normalized spacial score (nSPS) is 19.5. The molecule has 0 spiro atoms. The Morgan fingerprint density at radius 1 is 1.65 bits per heavy atom. The minimum Gasteiger partial charge on any atom is -0.374 e. The first kappa shape index (κ1) is 12.4. The molecule has 1 N–H and O–H groups in total. The number of carbonyl (C=O) groups is 1. The van der Waals surface area contributed by atoms with Crippen LogP contribution in [0.1, 0.15) is 24.8 Å². The van der Waals surface area contributed by atoms with E-state index in [2.05, 4.69) is 15.5 Å². The fourth-order valence-electron chi connectivity index (χ4n) is 1.52. The van der Waals surface area contributed by atoms with Crippen molar-refractivity contribution >= 4 is 22.4 Å². The van der Waals surface area contributed by atoms with Gasteiger partial charge in [-0.2, -0.15) is 0 Å². The number of amides is 1. The van der Waals surface area contributed by atoms with Crippen molar-refractivity contribution in [1.29, 1.82) is 0 Å². The Hall–Kier alpha value is -1.05. The van der Waals surface area contributed by atoms with Gasteiger partial charge in [-0.15, -0.1) is 10.2 Å². The molecule has 2 rings (SSSR count). The van der Waals surface area contributed by atoms with Crippen molar-refractivity contribution in [2.75, 3.05) is 18.5 Å². The third-order valence-electron chi connectivity index (χ3n) is 2.35. The number of carbonyl (C=O) groups excluding carboxylic acids is 1. The molecule has 7 heteroatoms. The smallest absolute Gasteiger partial charge is 0.255 e. The van der Waals surface area contributed by atoms with E-state index in [1.807, 2.05) is 6.92 Å². The topological polar surface area (TPSA) is 73.3 Å². The molecule has 1 aliphatic rings. The Morgan fingerprint density at radius 2 is 2.53 bits per heavy atom. The SMILES string of the molecule is CCOCc1nnc(NC(=O)[C@H]2CCCO2)s1. The van der Waals surface area contributed by atoms with Crippen LogP contribution in [0, 0.1) is 0 Å². The number of rotatable bonds is 5. The molecule has 17 heavy (non-hydrogen) atoms. The molecule has 0 saturated carbocycles. The van der Waals surface area contributed by atoms with Crippen molar-refractivity contribution in [2.24, 2.45) is 0 Å². The molecular formula is C10H15N3O3S. The summed E-state index contributed by atoms with van der Waals surface area (Å²) in [5, 5.41) is 11.8. The zero-order valence-electron chi connectivity index (χ0n) is 9.64. The van der Waals surface area contributed by atoms with E-state index in [0.29, 0.717) is 25.0 Å². The van der Waals surface area contributed by atoms with E-state index in [4.69, 9.17) is 9.47 Å². The monoisotopic (exact) mass is 257 g/mol. The number of nitrogens with zero attached hydrogens (tertiary/aromatic N) is 2. The molecule has 0 radical (unpaired) electrons. The summed E-state index contributed by atoms with van der Waals surface area (Å²) < 4.78 is 10.5. The summed E-state index contributed by atoms with van der Waals surface area (Å²) in [5.74, 6) is -0.137. The minimum atomic E-state index is -0.339. The predicted molar refractivity (Wildman–Crippen MR) is 62.8 cm³/mol. The Labute approximate surface area is 103 Å². The van der Waals surface area contributed by atoms with Crippen LogP contribution in [0.3, 0.4) is 0 Å².